The Hall–Kier alpha value is -1.03. The van der Waals surface area contributed by atoms with Crippen LogP contribution in [-0.4, -0.2) is 40.6 Å². The van der Waals surface area contributed by atoms with E-state index in [1.807, 2.05) is 0 Å². The number of rotatable bonds is 5. The normalized spacial score (nSPS) is 18.8. The minimum absolute atomic E-state index is 0.485. The Morgan fingerprint density at radius 2 is 2.06 bits per heavy atom. The van der Waals surface area contributed by atoms with Crippen molar-refractivity contribution in [3.8, 4) is 0 Å². The van der Waals surface area contributed by atoms with Gasteiger partial charge in [-0.2, -0.15) is 0 Å². The topological polar surface area (TPSA) is 33.1 Å². The largest absolute Gasteiger partial charge is 0.356 e. The number of anilines is 1. The highest BCUT2D eigenvalue weighted by Gasteiger charge is 2.16. The predicted octanol–water partition coefficient (Wildman–Crippen LogP) is 2.67. The van der Waals surface area contributed by atoms with Gasteiger partial charge in [-0.1, -0.05) is 6.42 Å². The smallest absolute Gasteiger partial charge is 0.203 e. The van der Waals surface area contributed by atoms with E-state index in [-0.39, 0.29) is 0 Å². The van der Waals surface area contributed by atoms with E-state index in [0.717, 1.165) is 24.7 Å². The third-order valence-electron chi connectivity index (χ3n) is 3.63. The summed E-state index contributed by atoms with van der Waals surface area (Å²) in [5, 5.41) is 3.35. The minimum Gasteiger partial charge on any atom is -0.356 e. The molecule has 1 atom stereocenters. The summed E-state index contributed by atoms with van der Waals surface area (Å²) in [6.45, 7) is 11.0. The number of hydrogen-bond acceptors (Lipinski definition) is 3. The van der Waals surface area contributed by atoms with Crippen molar-refractivity contribution < 1.29 is 0 Å². The van der Waals surface area contributed by atoms with Crippen LogP contribution < -0.4 is 5.32 Å². The summed E-state index contributed by atoms with van der Waals surface area (Å²) in [4.78, 5) is 7.13. The average molecular weight is 250 g/mol. The van der Waals surface area contributed by atoms with E-state index in [0.29, 0.717) is 6.04 Å². The van der Waals surface area contributed by atoms with Crippen LogP contribution in [0.3, 0.4) is 0 Å². The highest BCUT2D eigenvalue weighted by molar-refractivity contribution is 5.29. The molecule has 1 aromatic rings. The van der Waals surface area contributed by atoms with Gasteiger partial charge < -0.3 is 14.8 Å². The van der Waals surface area contributed by atoms with Crippen molar-refractivity contribution >= 4 is 5.95 Å². The first-order chi connectivity index (χ1) is 8.70. The summed E-state index contributed by atoms with van der Waals surface area (Å²) < 4.78 is 2.29. The van der Waals surface area contributed by atoms with Gasteiger partial charge in [-0.05, 0) is 46.7 Å². The second-order valence-corrected chi connectivity index (χ2v) is 5.35. The molecule has 0 amide bonds. The molecule has 0 radical (unpaired) electrons. The fourth-order valence-electron chi connectivity index (χ4n) is 2.74. The monoisotopic (exact) mass is 250 g/mol. The molecule has 18 heavy (non-hydrogen) atoms. The maximum Gasteiger partial charge on any atom is 0.203 e. The molecule has 102 valence electrons. The second kappa shape index (κ2) is 6.23. The Morgan fingerprint density at radius 1 is 1.33 bits per heavy atom. The van der Waals surface area contributed by atoms with Gasteiger partial charge in [0.15, 0.2) is 0 Å². The Kier molecular flexibility index (Phi) is 4.64. The molecule has 2 rings (SSSR count). The van der Waals surface area contributed by atoms with Crippen LogP contribution in [0.15, 0.2) is 6.20 Å². The zero-order valence-corrected chi connectivity index (χ0v) is 11.9. The van der Waals surface area contributed by atoms with Crippen molar-refractivity contribution in [2.45, 2.75) is 46.1 Å². The van der Waals surface area contributed by atoms with Gasteiger partial charge in [0.05, 0.1) is 5.69 Å². The fourth-order valence-corrected chi connectivity index (χ4v) is 2.74. The third-order valence-corrected chi connectivity index (χ3v) is 3.63. The molecule has 1 aliphatic rings. The average Bonchev–Trinajstić information content (AvgIpc) is 2.72. The minimum atomic E-state index is 0.485. The van der Waals surface area contributed by atoms with Crippen LogP contribution in [-0.2, 0) is 0 Å². The number of imidazole rings is 1. The Balaban J connectivity index is 2.00. The maximum absolute atomic E-state index is 4.55. The number of nitrogens with zero attached hydrogens (tertiary/aromatic N) is 3. The number of nitrogens with one attached hydrogen (secondary N) is 1. The molecule has 1 fully saturated rings. The molecule has 4 heteroatoms. The molecule has 4 nitrogen and oxygen atoms in total. The van der Waals surface area contributed by atoms with Gasteiger partial charge in [-0.25, -0.2) is 4.98 Å². The second-order valence-electron chi connectivity index (χ2n) is 5.35. The summed E-state index contributed by atoms with van der Waals surface area (Å²) >= 11 is 0. The molecule has 2 heterocycles. The van der Waals surface area contributed by atoms with Crippen molar-refractivity contribution in [1.29, 1.82) is 0 Å². The number of aryl methyl sites for hydroxylation is 1. The van der Waals surface area contributed by atoms with Gasteiger partial charge in [0, 0.05) is 25.3 Å². The number of piperidine rings is 1. The molecule has 1 aromatic heterocycles. The van der Waals surface area contributed by atoms with Crippen molar-refractivity contribution in [1.82, 2.24) is 14.5 Å². The van der Waals surface area contributed by atoms with E-state index < -0.39 is 0 Å². The number of likely N-dealkylation sites (tertiary alicyclic amines) is 1. The van der Waals surface area contributed by atoms with Crippen LogP contribution in [0.4, 0.5) is 5.95 Å². The van der Waals surface area contributed by atoms with Crippen LogP contribution in [0.25, 0.3) is 0 Å². The Morgan fingerprint density at radius 3 is 2.72 bits per heavy atom. The molecule has 1 N–H and O–H groups in total. The van der Waals surface area contributed by atoms with Gasteiger partial charge >= 0.3 is 0 Å². The Bertz CT molecular complexity index is 366. The SMILES string of the molecule is CCNc1nc(C)cn1C(C)CN1CCCCC1. The first kappa shape index (κ1) is 13.4. The lowest BCUT2D eigenvalue weighted by Gasteiger charge is -2.30. The van der Waals surface area contributed by atoms with Crippen molar-refractivity contribution in [3.63, 3.8) is 0 Å². The quantitative estimate of drug-likeness (QED) is 0.872. The van der Waals surface area contributed by atoms with E-state index in [9.17, 15) is 0 Å². The van der Waals surface area contributed by atoms with Gasteiger partial charge in [0.2, 0.25) is 5.95 Å². The lowest BCUT2D eigenvalue weighted by molar-refractivity contribution is 0.202. The van der Waals surface area contributed by atoms with Crippen LogP contribution in [0.5, 0.6) is 0 Å². The molecule has 0 saturated carbocycles. The summed E-state index contributed by atoms with van der Waals surface area (Å²) in [5.41, 5.74) is 1.09. The fraction of sp³-hybridized carbons (Fsp3) is 0.786. The predicted molar refractivity (Wildman–Crippen MR) is 76.1 cm³/mol. The summed E-state index contributed by atoms with van der Waals surface area (Å²) in [6.07, 6.45) is 6.27. The molecular weight excluding hydrogens is 224 g/mol. The third kappa shape index (κ3) is 3.25. The Labute approximate surface area is 110 Å². The van der Waals surface area contributed by atoms with Crippen LogP contribution >= 0.6 is 0 Å². The summed E-state index contributed by atoms with van der Waals surface area (Å²) in [7, 11) is 0. The van der Waals surface area contributed by atoms with Crippen LogP contribution in [0, 0.1) is 6.92 Å². The lowest BCUT2D eigenvalue weighted by atomic mass is 10.1. The molecule has 0 aliphatic carbocycles. The summed E-state index contributed by atoms with van der Waals surface area (Å²) in [6, 6.07) is 0.485. The van der Waals surface area contributed by atoms with Gasteiger partial charge in [-0.15, -0.1) is 0 Å². The molecular formula is C14H26N4. The molecule has 1 aliphatic heterocycles. The van der Waals surface area contributed by atoms with Gasteiger partial charge in [-0.3, -0.25) is 0 Å². The van der Waals surface area contributed by atoms with Gasteiger partial charge in [0.1, 0.15) is 0 Å². The molecule has 0 spiro atoms. The molecule has 0 bridgehead atoms. The van der Waals surface area contributed by atoms with Crippen LogP contribution in [0.1, 0.15) is 44.8 Å². The van der Waals surface area contributed by atoms with Gasteiger partial charge in [0.25, 0.3) is 0 Å². The van der Waals surface area contributed by atoms with Crippen LogP contribution in [0.2, 0.25) is 0 Å². The van der Waals surface area contributed by atoms with E-state index in [2.05, 4.69) is 46.7 Å². The van der Waals surface area contributed by atoms with E-state index in [4.69, 9.17) is 0 Å². The first-order valence-electron chi connectivity index (χ1n) is 7.22. The van der Waals surface area contributed by atoms with E-state index in [1.165, 1.54) is 32.4 Å². The van der Waals surface area contributed by atoms with Crippen molar-refractivity contribution in [2.24, 2.45) is 0 Å². The highest BCUT2D eigenvalue weighted by atomic mass is 15.2. The number of hydrogen-bond donors (Lipinski definition) is 1. The van der Waals surface area contributed by atoms with Crippen molar-refractivity contribution in [2.75, 3.05) is 31.5 Å². The maximum atomic E-state index is 4.55. The molecule has 0 aromatic carbocycles. The van der Waals surface area contributed by atoms with E-state index in [1.54, 1.807) is 0 Å². The number of aromatic nitrogens is 2. The zero-order chi connectivity index (χ0) is 13.0. The zero-order valence-electron chi connectivity index (χ0n) is 11.9. The highest BCUT2D eigenvalue weighted by Crippen LogP contribution is 2.19. The standard InChI is InChI=1S/C14H26N4/c1-4-15-14-16-12(2)10-18(14)13(3)11-17-8-6-5-7-9-17/h10,13H,4-9,11H2,1-3H3,(H,15,16). The van der Waals surface area contributed by atoms with E-state index >= 15 is 0 Å². The first-order valence-corrected chi connectivity index (χ1v) is 7.22. The lowest BCUT2D eigenvalue weighted by Crippen LogP contribution is -2.34. The van der Waals surface area contributed by atoms with Crippen molar-refractivity contribution in [3.05, 3.63) is 11.9 Å². The molecule has 1 saturated heterocycles. The molecule has 1 unspecified atom stereocenters. The summed E-state index contributed by atoms with van der Waals surface area (Å²) in [5.74, 6) is 1.01.